The van der Waals surface area contributed by atoms with Crippen LogP contribution in [0.15, 0.2) is 12.7 Å². The standard InChI is InChI=1S/C15H30N2/c1-5-11-16-14(6-2)15(3,4)17-12-9-7-8-10-13-17/h6,14,16H,2,5,7-13H2,1,3-4H3. The number of nitrogens with one attached hydrogen (secondary N) is 1. The summed E-state index contributed by atoms with van der Waals surface area (Å²) in [5, 5.41) is 3.62. The van der Waals surface area contributed by atoms with Crippen LogP contribution in [0.5, 0.6) is 0 Å². The highest BCUT2D eigenvalue weighted by Crippen LogP contribution is 2.24. The van der Waals surface area contributed by atoms with Crippen molar-refractivity contribution in [3.05, 3.63) is 12.7 Å². The zero-order chi connectivity index (χ0) is 12.7. The SMILES string of the molecule is C=CC(NCCC)C(C)(C)N1CCCCCC1. The third kappa shape index (κ3) is 4.11. The van der Waals surface area contributed by atoms with Crippen molar-refractivity contribution >= 4 is 0 Å². The molecule has 1 N–H and O–H groups in total. The summed E-state index contributed by atoms with van der Waals surface area (Å²) in [5.74, 6) is 0. The Bertz CT molecular complexity index is 215. The van der Waals surface area contributed by atoms with Gasteiger partial charge in [0.15, 0.2) is 0 Å². The first-order chi connectivity index (χ1) is 8.12. The van der Waals surface area contributed by atoms with Gasteiger partial charge in [-0.05, 0) is 52.7 Å². The Kier molecular flexibility index (Phi) is 6.21. The van der Waals surface area contributed by atoms with Gasteiger partial charge in [-0.1, -0.05) is 25.8 Å². The van der Waals surface area contributed by atoms with Crippen molar-refractivity contribution in [2.45, 2.75) is 64.5 Å². The lowest BCUT2D eigenvalue weighted by Crippen LogP contribution is -2.57. The molecule has 0 aromatic heterocycles. The van der Waals surface area contributed by atoms with Crippen molar-refractivity contribution in [3.63, 3.8) is 0 Å². The Labute approximate surface area is 107 Å². The van der Waals surface area contributed by atoms with Gasteiger partial charge in [0.25, 0.3) is 0 Å². The van der Waals surface area contributed by atoms with E-state index < -0.39 is 0 Å². The van der Waals surface area contributed by atoms with Crippen LogP contribution in [0.25, 0.3) is 0 Å². The summed E-state index contributed by atoms with van der Waals surface area (Å²) >= 11 is 0. The summed E-state index contributed by atoms with van der Waals surface area (Å²) in [6.07, 6.45) is 8.75. The van der Waals surface area contributed by atoms with Gasteiger partial charge in [0.2, 0.25) is 0 Å². The molecule has 0 amide bonds. The lowest BCUT2D eigenvalue weighted by molar-refractivity contribution is 0.0998. The second kappa shape index (κ2) is 7.17. The van der Waals surface area contributed by atoms with E-state index in [4.69, 9.17) is 0 Å². The van der Waals surface area contributed by atoms with Crippen molar-refractivity contribution in [1.29, 1.82) is 0 Å². The minimum absolute atomic E-state index is 0.182. The highest BCUT2D eigenvalue weighted by Gasteiger charge is 2.33. The number of likely N-dealkylation sites (tertiary alicyclic amines) is 1. The van der Waals surface area contributed by atoms with E-state index in [0.717, 1.165) is 6.54 Å². The van der Waals surface area contributed by atoms with Crippen molar-refractivity contribution in [3.8, 4) is 0 Å². The normalized spacial score (nSPS) is 20.9. The highest BCUT2D eigenvalue weighted by molar-refractivity contribution is 5.03. The Balaban J connectivity index is 2.63. The van der Waals surface area contributed by atoms with E-state index in [0.29, 0.717) is 6.04 Å². The first-order valence-corrected chi connectivity index (χ1v) is 7.24. The van der Waals surface area contributed by atoms with Crippen LogP contribution in [0.3, 0.4) is 0 Å². The van der Waals surface area contributed by atoms with E-state index in [9.17, 15) is 0 Å². The Morgan fingerprint density at radius 3 is 2.29 bits per heavy atom. The Morgan fingerprint density at radius 2 is 1.82 bits per heavy atom. The number of rotatable bonds is 6. The molecule has 0 bridgehead atoms. The second-order valence-electron chi connectivity index (χ2n) is 5.72. The third-order valence-electron chi connectivity index (χ3n) is 4.03. The number of hydrogen-bond donors (Lipinski definition) is 1. The molecule has 1 fully saturated rings. The molecule has 1 atom stereocenters. The Hall–Kier alpha value is -0.340. The maximum atomic E-state index is 4.01. The van der Waals surface area contributed by atoms with Gasteiger partial charge in [0, 0.05) is 11.6 Å². The van der Waals surface area contributed by atoms with Gasteiger partial charge in [0.1, 0.15) is 0 Å². The van der Waals surface area contributed by atoms with Gasteiger partial charge in [0.05, 0.1) is 0 Å². The molecular formula is C15H30N2. The van der Waals surface area contributed by atoms with Crippen LogP contribution in [0.4, 0.5) is 0 Å². The van der Waals surface area contributed by atoms with Crippen molar-refractivity contribution < 1.29 is 0 Å². The van der Waals surface area contributed by atoms with Gasteiger partial charge in [-0.3, -0.25) is 4.90 Å². The van der Waals surface area contributed by atoms with Gasteiger partial charge >= 0.3 is 0 Å². The molecule has 0 saturated carbocycles. The van der Waals surface area contributed by atoms with Crippen molar-refractivity contribution in [2.75, 3.05) is 19.6 Å². The fourth-order valence-electron chi connectivity index (χ4n) is 2.77. The smallest absolute Gasteiger partial charge is 0.0428 e. The van der Waals surface area contributed by atoms with E-state index in [2.05, 4.69) is 43.6 Å². The van der Waals surface area contributed by atoms with E-state index in [-0.39, 0.29) is 5.54 Å². The molecule has 1 saturated heterocycles. The van der Waals surface area contributed by atoms with Crippen LogP contribution < -0.4 is 5.32 Å². The van der Waals surface area contributed by atoms with Crippen LogP contribution in [0.2, 0.25) is 0 Å². The predicted molar refractivity (Wildman–Crippen MR) is 76.4 cm³/mol. The van der Waals surface area contributed by atoms with Crippen LogP contribution in [-0.4, -0.2) is 36.1 Å². The minimum atomic E-state index is 0.182. The maximum Gasteiger partial charge on any atom is 0.0428 e. The van der Waals surface area contributed by atoms with Crippen LogP contribution >= 0.6 is 0 Å². The fourth-order valence-corrected chi connectivity index (χ4v) is 2.77. The fraction of sp³-hybridized carbons (Fsp3) is 0.867. The van der Waals surface area contributed by atoms with Crippen LogP contribution in [-0.2, 0) is 0 Å². The molecule has 1 rings (SSSR count). The molecule has 17 heavy (non-hydrogen) atoms. The van der Waals surface area contributed by atoms with Crippen LogP contribution in [0.1, 0.15) is 52.9 Å². The highest BCUT2D eigenvalue weighted by atomic mass is 15.2. The van der Waals surface area contributed by atoms with E-state index in [1.54, 1.807) is 0 Å². The first-order valence-electron chi connectivity index (χ1n) is 7.24. The quantitative estimate of drug-likeness (QED) is 0.715. The summed E-state index contributed by atoms with van der Waals surface area (Å²) in [7, 11) is 0. The molecule has 2 heteroatoms. The van der Waals surface area contributed by atoms with E-state index in [1.165, 1.54) is 45.2 Å². The average Bonchev–Trinajstić information content (AvgIpc) is 2.58. The maximum absolute atomic E-state index is 4.01. The van der Waals surface area contributed by atoms with Gasteiger partial charge in [-0.25, -0.2) is 0 Å². The average molecular weight is 238 g/mol. The molecule has 1 aliphatic heterocycles. The molecule has 1 heterocycles. The summed E-state index contributed by atoms with van der Waals surface area (Å²) in [4.78, 5) is 2.65. The monoisotopic (exact) mass is 238 g/mol. The van der Waals surface area contributed by atoms with Crippen LogP contribution in [0, 0.1) is 0 Å². The zero-order valence-corrected chi connectivity index (χ0v) is 12.0. The molecular weight excluding hydrogens is 208 g/mol. The molecule has 0 radical (unpaired) electrons. The second-order valence-corrected chi connectivity index (χ2v) is 5.72. The molecule has 0 aromatic carbocycles. The molecule has 2 nitrogen and oxygen atoms in total. The van der Waals surface area contributed by atoms with Gasteiger partial charge in [-0.2, -0.15) is 0 Å². The minimum Gasteiger partial charge on any atom is -0.309 e. The summed E-state index contributed by atoms with van der Waals surface area (Å²) in [6, 6.07) is 0.389. The number of hydrogen-bond acceptors (Lipinski definition) is 2. The molecule has 0 aromatic rings. The lowest BCUT2D eigenvalue weighted by Gasteiger charge is -2.43. The molecule has 1 aliphatic rings. The van der Waals surface area contributed by atoms with Crippen molar-refractivity contribution in [2.24, 2.45) is 0 Å². The summed E-state index contributed by atoms with van der Waals surface area (Å²) < 4.78 is 0. The zero-order valence-electron chi connectivity index (χ0n) is 12.0. The third-order valence-corrected chi connectivity index (χ3v) is 4.03. The van der Waals surface area contributed by atoms with E-state index in [1.807, 2.05) is 0 Å². The molecule has 0 spiro atoms. The van der Waals surface area contributed by atoms with Crippen molar-refractivity contribution in [1.82, 2.24) is 10.2 Å². The topological polar surface area (TPSA) is 15.3 Å². The van der Waals surface area contributed by atoms with Gasteiger partial charge < -0.3 is 5.32 Å². The molecule has 0 aliphatic carbocycles. The summed E-state index contributed by atoms with van der Waals surface area (Å²) in [6.45, 7) is 14.5. The molecule has 100 valence electrons. The lowest BCUT2D eigenvalue weighted by atomic mass is 9.91. The predicted octanol–water partition coefficient (Wildman–Crippen LogP) is 3.20. The van der Waals surface area contributed by atoms with Gasteiger partial charge in [-0.15, -0.1) is 6.58 Å². The largest absolute Gasteiger partial charge is 0.309 e. The van der Waals surface area contributed by atoms with E-state index >= 15 is 0 Å². The molecule has 1 unspecified atom stereocenters. The Morgan fingerprint density at radius 1 is 1.24 bits per heavy atom. The number of nitrogens with zero attached hydrogens (tertiary/aromatic N) is 1. The summed E-state index contributed by atoms with van der Waals surface area (Å²) in [5.41, 5.74) is 0.182. The first kappa shape index (κ1) is 14.7.